The first kappa shape index (κ1) is 27.0. The van der Waals surface area contributed by atoms with Gasteiger partial charge in [0, 0.05) is 75.7 Å². The molecule has 0 bridgehead atoms. The van der Waals surface area contributed by atoms with Crippen molar-refractivity contribution in [1.82, 2.24) is 29.5 Å². The van der Waals surface area contributed by atoms with Crippen molar-refractivity contribution >= 4 is 34.3 Å². The molecule has 2 fully saturated rings. The minimum absolute atomic E-state index is 0.0292. The van der Waals surface area contributed by atoms with Gasteiger partial charge in [0.05, 0.1) is 18.3 Å². The molecule has 2 aromatic carbocycles. The van der Waals surface area contributed by atoms with Crippen LogP contribution in [0.5, 0.6) is 0 Å². The molecule has 0 saturated carbocycles. The van der Waals surface area contributed by atoms with E-state index in [2.05, 4.69) is 19.9 Å². The third kappa shape index (κ3) is 5.32. The summed E-state index contributed by atoms with van der Waals surface area (Å²) >= 11 is 0. The zero-order chi connectivity index (χ0) is 28.7. The molecule has 0 unspecified atom stereocenters. The first-order chi connectivity index (χ1) is 19.8. The second-order valence-corrected chi connectivity index (χ2v) is 10.5. The number of fused-ring (bicyclic) bond motifs is 1. The second-order valence-electron chi connectivity index (χ2n) is 10.5. The number of aromatic nitrogens is 4. The number of anilines is 3. The Kier molecular flexibility index (Phi) is 7.26. The summed E-state index contributed by atoms with van der Waals surface area (Å²) in [6.07, 6.45) is 1.24. The SMILES string of the molecule is CCn1nc2c(F)cc(N3CCN(CC(=O)N4CC(O)C4)CC3)cc2c1N(C)c1nccc(-c2ccc(F)cc2)n1. The van der Waals surface area contributed by atoms with Crippen molar-refractivity contribution in [1.29, 1.82) is 0 Å². The van der Waals surface area contributed by atoms with Crippen LogP contribution in [-0.4, -0.2) is 99.5 Å². The number of likely N-dealkylation sites (tertiary alicyclic amines) is 1. The molecular weight excluding hydrogens is 530 g/mol. The second kappa shape index (κ2) is 11.0. The molecule has 0 aliphatic carbocycles. The van der Waals surface area contributed by atoms with Gasteiger partial charge >= 0.3 is 0 Å². The van der Waals surface area contributed by atoms with Crippen molar-refractivity contribution in [2.24, 2.45) is 0 Å². The van der Waals surface area contributed by atoms with E-state index >= 15 is 4.39 Å². The summed E-state index contributed by atoms with van der Waals surface area (Å²) < 4.78 is 30.6. The van der Waals surface area contributed by atoms with Crippen molar-refractivity contribution in [2.45, 2.75) is 19.6 Å². The highest BCUT2D eigenvalue weighted by atomic mass is 19.1. The summed E-state index contributed by atoms with van der Waals surface area (Å²) in [5.41, 5.74) is 2.42. The first-order valence-corrected chi connectivity index (χ1v) is 13.8. The van der Waals surface area contributed by atoms with Crippen LogP contribution in [0.15, 0.2) is 48.7 Å². The molecule has 214 valence electrons. The van der Waals surface area contributed by atoms with E-state index in [-0.39, 0.29) is 17.2 Å². The number of hydrogen-bond acceptors (Lipinski definition) is 8. The highest BCUT2D eigenvalue weighted by Gasteiger charge is 2.30. The number of aliphatic hydroxyl groups is 1. The maximum atomic E-state index is 15.5. The van der Waals surface area contributed by atoms with Gasteiger partial charge < -0.3 is 14.9 Å². The number of carbonyl (C=O) groups excluding carboxylic acids is 1. The highest BCUT2D eigenvalue weighted by molar-refractivity contribution is 5.95. The fourth-order valence-electron chi connectivity index (χ4n) is 5.42. The number of aliphatic hydroxyl groups excluding tert-OH is 1. The lowest BCUT2D eigenvalue weighted by molar-refractivity contribution is -0.142. The molecular formula is C29H32F2N8O2. The fraction of sp³-hybridized carbons (Fsp3) is 0.379. The van der Waals surface area contributed by atoms with E-state index in [1.807, 2.05) is 20.0 Å². The van der Waals surface area contributed by atoms with Crippen LogP contribution in [0.3, 0.4) is 0 Å². The van der Waals surface area contributed by atoms with Crippen molar-refractivity contribution in [3.05, 3.63) is 60.3 Å². The van der Waals surface area contributed by atoms with Crippen LogP contribution >= 0.6 is 0 Å². The Hall–Kier alpha value is -4.16. The zero-order valence-electron chi connectivity index (χ0n) is 23.0. The Balaban J connectivity index is 1.25. The van der Waals surface area contributed by atoms with Crippen molar-refractivity contribution in [3.8, 4) is 11.3 Å². The molecule has 6 rings (SSSR count). The monoisotopic (exact) mass is 562 g/mol. The molecule has 2 aliphatic rings. The summed E-state index contributed by atoms with van der Waals surface area (Å²) in [5.74, 6) is 0.372. The maximum Gasteiger partial charge on any atom is 0.236 e. The summed E-state index contributed by atoms with van der Waals surface area (Å²) in [7, 11) is 1.82. The number of rotatable bonds is 7. The van der Waals surface area contributed by atoms with Crippen LogP contribution < -0.4 is 9.80 Å². The Morgan fingerprint density at radius 1 is 1.07 bits per heavy atom. The molecule has 2 saturated heterocycles. The lowest BCUT2D eigenvalue weighted by atomic mass is 10.1. The first-order valence-electron chi connectivity index (χ1n) is 13.8. The molecule has 10 nitrogen and oxygen atoms in total. The number of hydrogen-bond donors (Lipinski definition) is 1. The number of benzene rings is 2. The van der Waals surface area contributed by atoms with Crippen molar-refractivity contribution in [2.75, 3.05) is 62.7 Å². The van der Waals surface area contributed by atoms with Crippen LogP contribution in [-0.2, 0) is 11.3 Å². The summed E-state index contributed by atoms with van der Waals surface area (Å²) in [4.78, 5) is 29.3. The van der Waals surface area contributed by atoms with Crippen molar-refractivity contribution < 1.29 is 18.7 Å². The summed E-state index contributed by atoms with van der Waals surface area (Å²) in [6.45, 7) is 6.24. The topological polar surface area (TPSA) is 93.9 Å². The molecule has 12 heteroatoms. The van der Waals surface area contributed by atoms with E-state index in [0.717, 1.165) is 11.3 Å². The zero-order valence-corrected chi connectivity index (χ0v) is 23.0. The van der Waals surface area contributed by atoms with Gasteiger partial charge in [0.25, 0.3) is 0 Å². The highest BCUT2D eigenvalue weighted by Crippen LogP contribution is 2.35. The Labute approximate surface area is 236 Å². The normalized spacial score (nSPS) is 16.3. The number of aryl methyl sites for hydroxylation is 1. The van der Waals surface area contributed by atoms with Gasteiger partial charge in [-0.2, -0.15) is 5.10 Å². The van der Waals surface area contributed by atoms with E-state index in [1.54, 1.807) is 38.9 Å². The van der Waals surface area contributed by atoms with Crippen LogP contribution in [0.25, 0.3) is 22.2 Å². The Morgan fingerprint density at radius 3 is 2.49 bits per heavy atom. The van der Waals surface area contributed by atoms with Crippen LogP contribution in [0.1, 0.15) is 6.92 Å². The van der Waals surface area contributed by atoms with Crippen LogP contribution in [0.2, 0.25) is 0 Å². The molecule has 2 aromatic heterocycles. The molecule has 0 atom stereocenters. The van der Waals surface area contributed by atoms with E-state index in [9.17, 15) is 14.3 Å². The van der Waals surface area contributed by atoms with Gasteiger partial charge in [-0.3, -0.25) is 14.6 Å². The molecule has 4 heterocycles. The van der Waals surface area contributed by atoms with Gasteiger partial charge in [-0.15, -0.1) is 0 Å². The number of nitrogens with zero attached hydrogens (tertiary/aromatic N) is 8. The van der Waals surface area contributed by atoms with Gasteiger partial charge in [0.15, 0.2) is 5.82 Å². The summed E-state index contributed by atoms with van der Waals surface area (Å²) in [6, 6.07) is 11.3. The van der Waals surface area contributed by atoms with E-state index < -0.39 is 11.9 Å². The van der Waals surface area contributed by atoms with Crippen LogP contribution in [0.4, 0.5) is 26.2 Å². The minimum Gasteiger partial charge on any atom is -0.389 e. The quantitative estimate of drug-likeness (QED) is 0.368. The number of amides is 1. The number of carbonyl (C=O) groups is 1. The van der Waals surface area contributed by atoms with Gasteiger partial charge in [-0.25, -0.2) is 23.4 Å². The van der Waals surface area contributed by atoms with Gasteiger partial charge in [0.2, 0.25) is 11.9 Å². The van der Waals surface area contributed by atoms with Gasteiger partial charge in [0.1, 0.15) is 17.2 Å². The Bertz CT molecular complexity index is 1560. The largest absolute Gasteiger partial charge is 0.389 e. The molecule has 41 heavy (non-hydrogen) atoms. The number of halogens is 2. The predicted molar refractivity (Wildman–Crippen MR) is 152 cm³/mol. The molecule has 2 aliphatic heterocycles. The van der Waals surface area contributed by atoms with Crippen LogP contribution in [0, 0.1) is 11.6 Å². The average molecular weight is 563 g/mol. The third-order valence-electron chi connectivity index (χ3n) is 7.77. The molecule has 0 spiro atoms. The maximum absolute atomic E-state index is 15.5. The average Bonchev–Trinajstić information content (AvgIpc) is 3.35. The Morgan fingerprint density at radius 2 is 1.80 bits per heavy atom. The van der Waals surface area contributed by atoms with Crippen molar-refractivity contribution in [3.63, 3.8) is 0 Å². The van der Waals surface area contributed by atoms with Gasteiger partial charge in [-0.05, 0) is 49.4 Å². The standard InChI is InChI=1S/C29H32F2N8O2/c1-3-39-28(35(2)29-32-9-8-25(33-29)19-4-6-20(30)7-5-19)23-14-21(15-24(31)27(23)34-39)37-12-10-36(11-13-37)18-26(41)38-16-22(40)17-38/h4-9,14-15,22,40H,3,10-13,16-18H2,1-2H3. The molecule has 1 N–H and O–H groups in total. The molecule has 1 amide bonds. The summed E-state index contributed by atoms with van der Waals surface area (Å²) in [5, 5.41) is 14.7. The van der Waals surface area contributed by atoms with E-state index in [0.29, 0.717) is 75.2 Å². The van der Waals surface area contributed by atoms with Gasteiger partial charge in [-0.1, -0.05) is 0 Å². The third-order valence-corrected chi connectivity index (χ3v) is 7.77. The fourth-order valence-corrected chi connectivity index (χ4v) is 5.42. The molecule has 4 aromatic rings. The minimum atomic E-state index is -0.410. The number of piperazine rings is 1. The predicted octanol–water partition coefficient (Wildman–Crippen LogP) is 2.88. The lowest BCUT2D eigenvalue weighted by Gasteiger charge is -2.39. The lowest BCUT2D eigenvalue weighted by Crippen LogP contribution is -2.57. The number of β-amino-alcohol motifs (C(OH)–C–C–N with tert-alkyl or cyclic N) is 1. The van der Waals surface area contributed by atoms with E-state index in [4.69, 9.17) is 4.98 Å². The molecule has 0 radical (unpaired) electrons. The van der Waals surface area contributed by atoms with E-state index in [1.165, 1.54) is 18.2 Å². The smallest absolute Gasteiger partial charge is 0.236 e.